The molecular weight excluding hydrogens is 234 g/mol. The van der Waals surface area contributed by atoms with E-state index < -0.39 is 6.10 Å². The fraction of sp³-hybridized carbons (Fsp3) is 0.462. The van der Waals surface area contributed by atoms with Gasteiger partial charge in [-0.1, -0.05) is 37.3 Å². The minimum absolute atomic E-state index is 0.177. The predicted molar refractivity (Wildman–Crippen MR) is 69.9 cm³/mol. The molecule has 0 aliphatic carbocycles. The summed E-state index contributed by atoms with van der Waals surface area (Å²) in [4.78, 5) is 13.9. The third-order valence-corrected chi connectivity index (χ3v) is 4.04. The van der Waals surface area contributed by atoms with E-state index >= 15 is 0 Å². The summed E-state index contributed by atoms with van der Waals surface area (Å²) < 4.78 is 0. The minimum Gasteiger partial charge on any atom is -0.378 e. The molecule has 0 radical (unpaired) electrons. The van der Waals surface area contributed by atoms with Crippen LogP contribution >= 0.6 is 11.8 Å². The van der Waals surface area contributed by atoms with Crippen molar-refractivity contribution < 1.29 is 9.90 Å². The molecule has 0 spiro atoms. The number of nitrogens with zero attached hydrogens (tertiary/aromatic N) is 1. The number of aliphatic hydroxyl groups excluding tert-OH is 1. The van der Waals surface area contributed by atoms with E-state index in [0.29, 0.717) is 10.8 Å². The number of benzene rings is 1. The van der Waals surface area contributed by atoms with Gasteiger partial charge in [-0.05, 0) is 5.56 Å². The van der Waals surface area contributed by atoms with Crippen molar-refractivity contribution >= 4 is 17.7 Å². The maximum absolute atomic E-state index is 12.1. The standard InChI is InChI=1S/C13H17NO2S/c1-10-9-14(7-8-17-10)13(16)12(15)11-5-3-2-4-6-11/h2-6,10,12,15H,7-9H2,1H3/t10?,12-/m1/s1. The first-order chi connectivity index (χ1) is 8.18. The van der Waals surface area contributed by atoms with Gasteiger partial charge in [0.2, 0.25) is 0 Å². The topological polar surface area (TPSA) is 40.5 Å². The second-order valence-corrected chi connectivity index (χ2v) is 5.83. The third kappa shape index (κ3) is 3.01. The summed E-state index contributed by atoms with van der Waals surface area (Å²) >= 11 is 1.87. The monoisotopic (exact) mass is 251 g/mol. The van der Waals surface area contributed by atoms with Crippen molar-refractivity contribution in [3.63, 3.8) is 0 Å². The number of thioether (sulfide) groups is 1. The highest BCUT2D eigenvalue weighted by Crippen LogP contribution is 2.22. The molecule has 1 N–H and O–H groups in total. The molecule has 1 aromatic carbocycles. The summed E-state index contributed by atoms with van der Waals surface area (Å²) in [6.45, 7) is 3.57. The van der Waals surface area contributed by atoms with Crippen LogP contribution in [-0.2, 0) is 4.79 Å². The summed E-state index contributed by atoms with van der Waals surface area (Å²) in [5.74, 6) is 0.775. The van der Waals surface area contributed by atoms with Crippen LogP contribution in [0, 0.1) is 0 Å². The van der Waals surface area contributed by atoms with Gasteiger partial charge >= 0.3 is 0 Å². The fourth-order valence-electron chi connectivity index (χ4n) is 1.97. The molecule has 1 unspecified atom stereocenters. The van der Waals surface area contributed by atoms with Gasteiger partial charge in [0.15, 0.2) is 6.10 Å². The van der Waals surface area contributed by atoms with Crippen molar-refractivity contribution in [2.75, 3.05) is 18.8 Å². The Bertz CT molecular complexity index is 382. The summed E-state index contributed by atoms with van der Waals surface area (Å²) in [6, 6.07) is 9.11. The molecule has 0 bridgehead atoms. The lowest BCUT2D eigenvalue weighted by Gasteiger charge is -2.32. The smallest absolute Gasteiger partial charge is 0.256 e. The molecular formula is C13H17NO2S. The van der Waals surface area contributed by atoms with Gasteiger partial charge in [-0.15, -0.1) is 0 Å². The van der Waals surface area contributed by atoms with Crippen molar-refractivity contribution in [3.8, 4) is 0 Å². The van der Waals surface area contributed by atoms with Crippen molar-refractivity contribution in [1.82, 2.24) is 4.90 Å². The van der Waals surface area contributed by atoms with E-state index in [4.69, 9.17) is 0 Å². The zero-order valence-corrected chi connectivity index (χ0v) is 10.7. The zero-order valence-electron chi connectivity index (χ0n) is 9.87. The Hall–Kier alpha value is -1.00. The second-order valence-electron chi connectivity index (χ2n) is 4.28. The molecule has 1 fully saturated rings. The van der Waals surface area contributed by atoms with Gasteiger partial charge in [-0.25, -0.2) is 0 Å². The molecule has 1 aliphatic heterocycles. The van der Waals surface area contributed by atoms with Gasteiger partial charge in [0.1, 0.15) is 0 Å². The molecule has 1 aromatic rings. The number of carbonyl (C=O) groups excluding carboxylic acids is 1. The Kier molecular flexibility index (Phi) is 4.07. The number of amides is 1. The quantitative estimate of drug-likeness (QED) is 0.869. The molecule has 2 rings (SSSR count). The van der Waals surface area contributed by atoms with E-state index in [1.165, 1.54) is 0 Å². The van der Waals surface area contributed by atoms with Crippen LogP contribution in [0.4, 0.5) is 0 Å². The Balaban J connectivity index is 2.04. The number of hydrogen-bond donors (Lipinski definition) is 1. The number of carbonyl (C=O) groups is 1. The highest BCUT2D eigenvalue weighted by atomic mass is 32.2. The van der Waals surface area contributed by atoms with Crippen molar-refractivity contribution in [3.05, 3.63) is 35.9 Å². The first kappa shape index (κ1) is 12.5. The van der Waals surface area contributed by atoms with Crippen molar-refractivity contribution in [2.45, 2.75) is 18.3 Å². The Morgan fingerprint density at radius 3 is 2.82 bits per heavy atom. The molecule has 3 nitrogen and oxygen atoms in total. The highest BCUT2D eigenvalue weighted by Gasteiger charge is 2.27. The normalized spacial score (nSPS) is 22.2. The Labute approximate surface area is 106 Å². The van der Waals surface area contributed by atoms with Crippen LogP contribution < -0.4 is 0 Å². The Morgan fingerprint density at radius 1 is 1.47 bits per heavy atom. The molecule has 0 saturated carbocycles. The lowest BCUT2D eigenvalue weighted by molar-refractivity contribution is -0.140. The maximum atomic E-state index is 12.1. The van der Waals surface area contributed by atoms with Crippen molar-refractivity contribution in [2.24, 2.45) is 0 Å². The first-order valence-corrected chi connectivity index (χ1v) is 6.87. The molecule has 1 heterocycles. The fourth-order valence-corrected chi connectivity index (χ4v) is 2.98. The number of aliphatic hydroxyl groups is 1. The van der Waals surface area contributed by atoms with Crippen LogP contribution in [0.1, 0.15) is 18.6 Å². The van der Waals surface area contributed by atoms with Crippen LogP contribution in [0.3, 0.4) is 0 Å². The van der Waals surface area contributed by atoms with Gasteiger partial charge in [0.25, 0.3) is 5.91 Å². The van der Waals surface area contributed by atoms with E-state index in [1.54, 1.807) is 17.0 Å². The van der Waals surface area contributed by atoms with Crippen molar-refractivity contribution in [1.29, 1.82) is 0 Å². The Morgan fingerprint density at radius 2 is 2.18 bits per heavy atom. The molecule has 0 aromatic heterocycles. The van der Waals surface area contributed by atoms with Gasteiger partial charge in [0, 0.05) is 24.1 Å². The molecule has 1 aliphatic rings. The third-order valence-electron chi connectivity index (χ3n) is 2.90. The van der Waals surface area contributed by atoms with E-state index in [0.717, 1.165) is 18.8 Å². The molecule has 2 atom stereocenters. The van der Waals surface area contributed by atoms with Crippen LogP contribution in [0.5, 0.6) is 0 Å². The number of rotatable bonds is 2. The largest absolute Gasteiger partial charge is 0.378 e. The lowest BCUT2D eigenvalue weighted by Crippen LogP contribution is -2.43. The minimum atomic E-state index is -1.02. The molecule has 17 heavy (non-hydrogen) atoms. The first-order valence-electron chi connectivity index (χ1n) is 5.82. The molecule has 1 amide bonds. The van der Waals surface area contributed by atoms with Gasteiger partial charge in [-0.2, -0.15) is 11.8 Å². The van der Waals surface area contributed by atoms with E-state index in [1.807, 2.05) is 30.0 Å². The summed E-state index contributed by atoms with van der Waals surface area (Å²) in [7, 11) is 0. The molecule has 4 heteroatoms. The summed E-state index contributed by atoms with van der Waals surface area (Å²) in [5, 5.41) is 10.5. The zero-order chi connectivity index (χ0) is 12.3. The maximum Gasteiger partial charge on any atom is 0.256 e. The van der Waals surface area contributed by atoms with Gasteiger partial charge < -0.3 is 10.0 Å². The van der Waals surface area contributed by atoms with Gasteiger partial charge in [0.05, 0.1) is 0 Å². The highest BCUT2D eigenvalue weighted by molar-refractivity contribution is 7.99. The number of hydrogen-bond acceptors (Lipinski definition) is 3. The van der Waals surface area contributed by atoms with E-state index in [9.17, 15) is 9.90 Å². The molecule has 1 saturated heterocycles. The van der Waals surface area contributed by atoms with Crippen LogP contribution in [0.25, 0.3) is 0 Å². The summed E-state index contributed by atoms with van der Waals surface area (Å²) in [5.41, 5.74) is 0.670. The molecule has 92 valence electrons. The van der Waals surface area contributed by atoms with E-state index in [-0.39, 0.29) is 5.91 Å². The predicted octanol–water partition coefficient (Wildman–Crippen LogP) is 1.68. The SMILES string of the molecule is CC1CN(C(=O)[C@H](O)c2ccccc2)CCS1. The average molecular weight is 251 g/mol. The van der Waals surface area contributed by atoms with Gasteiger partial charge in [-0.3, -0.25) is 4.79 Å². The average Bonchev–Trinajstić information content (AvgIpc) is 2.38. The van der Waals surface area contributed by atoms with E-state index in [2.05, 4.69) is 6.92 Å². The van der Waals surface area contributed by atoms with Crippen LogP contribution in [0.2, 0.25) is 0 Å². The van der Waals surface area contributed by atoms with Crippen LogP contribution in [-0.4, -0.2) is 40.0 Å². The summed E-state index contributed by atoms with van der Waals surface area (Å²) in [6.07, 6.45) is -1.02. The van der Waals surface area contributed by atoms with Crippen LogP contribution in [0.15, 0.2) is 30.3 Å². The second kappa shape index (κ2) is 5.56. The lowest BCUT2D eigenvalue weighted by atomic mass is 10.1.